The highest BCUT2D eigenvalue weighted by Crippen LogP contribution is 2.31. The van der Waals surface area contributed by atoms with E-state index in [0.29, 0.717) is 40.3 Å². The van der Waals surface area contributed by atoms with Gasteiger partial charge in [0.25, 0.3) is 0 Å². The van der Waals surface area contributed by atoms with Crippen LogP contribution in [0.4, 0.5) is 16.2 Å². The number of ether oxygens (including phenoxy) is 2. The Bertz CT molecular complexity index is 839. The first-order valence-electron chi connectivity index (χ1n) is 8.25. The molecule has 6 nitrogen and oxygen atoms in total. The van der Waals surface area contributed by atoms with Gasteiger partial charge >= 0.3 is 6.03 Å². The summed E-state index contributed by atoms with van der Waals surface area (Å²) in [5, 5.41) is 3.32. The quantitative estimate of drug-likeness (QED) is 0.852. The number of amides is 2. The van der Waals surface area contributed by atoms with E-state index in [1.54, 1.807) is 49.5 Å². The van der Waals surface area contributed by atoms with Crippen molar-refractivity contribution in [3.8, 4) is 11.5 Å². The molecular weight excluding hydrogens is 354 g/mol. The molecular formula is C19H20ClN3O3. The maximum atomic E-state index is 13.0. The van der Waals surface area contributed by atoms with E-state index in [1.807, 2.05) is 12.1 Å². The lowest BCUT2D eigenvalue weighted by Gasteiger charge is -2.24. The van der Waals surface area contributed by atoms with Crippen LogP contribution in [0.5, 0.6) is 11.5 Å². The number of para-hydroxylation sites is 2. The van der Waals surface area contributed by atoms with Crippen LogP contribution in [0.2, 0.25) is 5.02 Å². The average Bonchev–Trinajstić information content (AvgIpc) is 3.16. The zero-order valence-corrected chi connectivity index (χ0v) is 15.4. The second-order valence-corrected chi connectivity index (χ2v) is 6.09. The Morgan fingerprint density at radius 2 is 1.92 bits per heavy atom. The number of hydrogen-bond donors (Lipinski definition) is 1. The average molecular weight is 374 g/mol. The van der Waals surface area contributed by atoms with E-state index in [0.717, 1.165) is 12.8 Å². The van der Waals surface area contributed by atoms with Crippen molar-refractivity contribution in [3.05, 3.63) is 47.5 Å². The van der Waals surface area contributed by atoms with Gasteiger partial charge < -0.3 is 14.8 Å². The molecule has 0 fully saturated rings. The number of rotatable bonds is 4. The van der Waals surface area contributed by atoms with E-state index >= 15 is 0 Å². The third-order valence-electron chi connectivity index (χ3n) is 4.06. The summed E-state index contributed by atoms with van der Waals surface area (Å²) < 4.78 is 10.5. The minimum Gasteiger partial charge on any atom is -0.495 e. The summed E-state index contributed by atoms with van der Waals surface area (Å²) in [6.45, 7) is 0.706. The lowest BCUT2D eigenvalue weighted by Crippen LogP contribution is -2.39. The number of nitrogens with one attached hydrogen (secondary N) is 1. The van der Waals surface area contributed by atoms with Gasteiger partial charge in [0.1, 0.15) is 17.3 Å². The predicted molar refractivity (Wildman–Crippen MR) is 104 cm³/mol. The fraction of sp³-hybridized carbons (Fsp3) is 0.263. The predicted octanol–water partition coefficient (Wildman–Crippen LogP) is 4.59. The van der Waals surface area contributed by atoms with Gasteiger partial charge in [-0.2, -0.15) is 0 Å². The summed E-state index contributed by atoms with van der Waals surface area (Å²) in [5.74, 6) is 1.84. The molecule has 0 saturated carbocycles. The molecule has 0 bridgehead atoms. The molecule has 0 atom stereocenters. The molecule has 0 spiro atoms. The summed E-state index contributed by atoms with van der Waals surface area (Å²) in [6, 6.07) is 12.1. The van der Waals surface area contributed by atoms with E-state index in [4.69, 9.17) is 21.1 Å². The third kappa shape index (κ3) is 3.75. The molecule has 7 heteroatoms. The lowest BCUT2D eigenvalue weighted by atomic mass is 10.2. The highest BCUT2D eigenvalue weighted by Gasteiger charge is 2.25. The summed E-state index contributed by atoms with van der Waals surface area (Å²) in [5.41, 5.74) is 1.21. The zero-order chi connectivity index (χ0) is 18.5. The number of urea groups is 1. The van der Waals surface area contributed by atoms with Crippen LogP contribution >= 0.6 is 11.6 Å². The summed E-state index contributed by atoms with van der Waals surface area (Å²) in [4.78, 5) is 19.1. The molecule has 0 radical (unpaired) electrons. The van der Waals surface area contributed by atoms with Gasteiger partial charge in [-0.15, -0.1) is 0 Å². The van der Waals surface area contributed by atoms with E-state index in [-0.39, 0.29) is 6.03 Å². The smallest absolute Gasteiger partial charge is 0.331 e. The Morgan fingerprint density at radius 1 is 1.15 bits per heavy atom. The number of anilines is 2. The molecule has 2 aromatic carbocycles. The molecule has 2 aromatic rings. The molecule has 136 valence electrons. The summed E-state index contributed by atoms with van der Waals surface area (Å²) in [6.07, 6.45) is 1.64. The van der Waals surface area contributed by atoms with Crippen LogP contribution in [0.3, 0.4) is 0 Å². The maximum absolute atomic E-state index is 13.0. The lowest BCUT2D eigenvalue weighted by molar-refractivity contribution is 0.259. The number of methoxy groups -OCH3 is 2. The van der Waals surface area contributed by atoms with Crippen molar-refractivity contribution in [1.82, 2.24) is 0 Å². The molecule has 1 N–H and O–H groups in total. The minimum absolute atomic E-state index is 0.323. The first kappa shape index (κ1) is 18.1. The molecule has 1 aliphatic heterocycles. The van der Waals surface area contributed by atoms with Crippen molar-refractivity contribution in [2.75, 3.05) is 31.0 Å². The standard InChI is InChI=1S/C19H20ClN3O3/c1-25-16-10-9-13(12-14(16)20)23(18-8-5-11-21-18)19(24)22-15-6-3-4-7-17(15)26-2/h3-4,6-7,9-10,12H,5,8,11H2,1-2H3,(H,22,24). The van der Waals surface area contributed by atoms with E-state index < -0.39 is 0 Å². The van der Waals surface area contributed by atoms with Crippen LogP contribution in [-0.4, -0.2) is 32.6 Å². The van der Waals surface area contributed by atoms with Gasteiger partial charge in [0.15, 0.2) is 0 Å². The number of amidine groups is 1. The van der Waals surface area contributed by atoms with Gasteiger partial charge in [0.2, 0.25) is 0 Å². The van der Waals surface area contributed by atoms with Gasteiger partial charge in [-0.3, -0.25) is 9.89 Å². The molecule has 26 heavy (non-hydrogen) atoms. The monoisotopic (exact) mass is 373 g/mol. The number of nitrogens with zero attached hydrogens (tertiary/aromatic N) is 2. The molecule has 0 unspecified atom stereocenters. The first-order chi connectivity index (χ1) is 12.6. The van der Waals surface area contributed by atoms with Gasteiger partial charge in [0, 0.05) is 13.0 Å². The van der Waals surface area contributed by atoms with Gasteiger partial charge in [0.05, 0.1) is 30.6 Å². The van der Waals surface area contributed by atoms with Crippen LogP contribution in [-0.2, 0) is 0 Å². The number of hydrogen-bond acceptors (Lipinski definition) is 4. The molecule has 0 aromatic heterocycles. The Balaban J connectivity index is 1.94. The van der Waals surface area contributed by atoms with Crippen LogP contribution in [0.25, 0.3) is 0 Å². The topological polar surface area (TPSA) is 63.2 Å². The summed E-state index contributed by atoms with van der Waals surface area (Å²) in [7, 11) is 3.11. The SMILES string of the molecule is COc1ccc(N(C(=O)Nc2ccccc2OC)C2=NCCC2)cc1Cl. The van der Waals surface area contributed by atoms with Crippen molar-refractivity contribution in [3.63, 3.8) is 0 Å². The Kier molecular flexibility index (Phi) is 5.63. The van der Waals surface area contributed by atoms with E-state index in [2.05, 4.69) is 10.3 Å². The number of benzene rings is 2. The highest BCUT2D eigenvalue weighted by molar-refractivity contribution is 6.32. The highest BCUT2D eigenvalue weighted by atomic mass is 35.5. The van der Waals surface area contributed by atoms with E-state index in [9.17, 15) is 4.79 Å². The number of halogens is 1. The molecule has 1 aliphatic rings. The van der Waals surface area contributed by atoms with Crippen LogP contribution in [0.1, 0.15) is 12.8 Å². The van der Waals surface area contributed by atoms with Crippen molar-refractivity contribution in [2.24, 2.45) is 4.99 Å². The molecule has 0 aliphatic carbocycles. The molecule has 0 saturated heterocycles. The Labute approximate surface area is 157 Å². The normalized spacial score (nSPS) is 13.1. The van der Waals surface area contributed by atoms with Crippen LogP contribution in [0.15, 0.2) is 47.5 Å². The molecule has 2 amide bonds. The zero-order valence-electron chi connectivity index (χ0n) is 14.7. The van der Waals surface area contributed by atoms with Gasteiger partial charge in [-0.05, 0) is 36.8 Å². The van der Waals surface area contributed by atoms with Crippen molar-refractivity contribution >= 4 is 34.8 Å². The molecule has 1 heterocycles. The Morgan fingerprint density at radius 3 is 2.58 bits per heavy atom. The second kappa shape index (κ2) is 8.10. The third-order valence-corrected chi connectivity index (χ3v) is 4.35. The Hall–Kier alpha value is -2.73. The fourth-order valence-corrected chi connectivity index (χ4v) is 3.06. The minimum atomic E-state index is -0.323. The number of aliphatic imine (C=N–C) groups is 1. The van der Waals surface area contributed by atoms with Crippen LogP contribution < -0.4 is 19.7 Å². The fourth-order valence-electron chi connectivity index (χ4n) is 2.80. The van der Waals surface area contributed by atoms with Crippen molar-refractivity contribution < 1.29 is 14.3 Å². The summed E-state index contributed by atoms with van der Waals surface area (Å²) >= 11 is 6.25. The van der Waals surface area contributed by atoms with Crippen LogP contribution in [0, 0.1) is 0 Å². The van der Waals surface area contributed by atoms with Crippen molar-refractivity contribution in [2.45, 2.75) is 12.8 Å². The number of carbonyl (C=O) groups excluding carboxylic acids is 1. The van der Waals surface area contributed by atoms with Crippen molar-refractivity contribution in [1.29, 1.82) is 0 Å². The van der Waals surface area contributed by atoms with E-state index in [1.165, 1.54) is 0 Å². The van der Waals surface area contributed by atoms with Gasteiger partial charge in [-0.25, -0.2) is 4.79 Å². The number of carbonyl (C=O) groups is 1. The second-order valence-electron chi connectivity index (χ2n) is 5.69. The largest absolute Gasteiger partial charge is 0.495 e. The van der Waals surface area contributed by atoms with Gasteiger partial charge in [-0.1, -0.05) is 23.7 Å². The molecule has 3 rings (SSSR count). The first-order valence-corrected chi connectivity index (χ1v) is 8.63. The maximum Gasteiger partial charge on any atom is 0.331 e.